The molecular weight excluding hydrogens is 260 g/mol. The van der Waals surface area contributed by atoms with Gasteiger partial charge in [0.1, 0.15) is 0 Å². The zero-order chi connectivity index (χ0) is 14.0. The average Bonchev–Trinajstić information content (AvgIpc) is 2.84. The predicted octanol–water partition coefficient (Wildman–Crippen LogP) is 2.44. The summed E-state index contributed by atoms with van der Waals surface area (Å²) in [5.74, 6) is 0. The van der Waals surface area contributed by atoms with E-state index < -0.39 is 9.84 Å². The second-order valence-electron chi connectivity index (χ2n) is 5.22. The molecule has 1 saturated carbocycles. The van der Waals surface area contributed by atoms with Crippen molar-refractivity contribution in [2.24, 2.45) is 0 Å². The number of rotatable bonds is 4. The fourth-order valence-electron chi connectivity index (χ4n) is 2.87. The standard InChI is InChI=1S/C14H22N2O2S/c1-3-16(11-6-4-5-7-11)14-9-8-12(10-13(14)15)19(2,17)18/h8-11H,3-7,15H2,1-2H3. The van der Waals surface area contributed by atoms with E-state index in [4.69, 9.17) is 5.73 Å². The van der Waals surface area contributed by atoms with Gasteiger partial charge in [0, 0.05) is 18.8 Å². The Bertz CT molecular complexity index is 549. The summed E-state index contributed by atoms with van der Waals surface area (Å²) in [6.07, 6.45) is 6.13. The number of sulfone groups is 1. The first-order chi connectivity index (χ1) is 8.93. The topological polar surface area (TPSA) is 63.4 Å². The number of nitrogens with two attached hydrogens (primary N) is 1. The Morgan fingerprint density at radius 3 is 2.42 bits per heavy atom. The zero-order valence-electron chi connectivity index (χ0n) is 11.6. The van der Waals surface area contributed by atoms with E-state index in [0.717, 1.165) is 12.2 Å². The van der Waals surface area contributed by atoms with Crippen LogP contribution in [0.15, 0.2) is 23.1 Å². The Balaban J connectivity index is 2.33. The van der Waals surface area contributed by atoms with E-state index in [-0.39, 0.29) is 4.90 Å². The maximum absolute atomic E-state index is 11.5. The fourth-order valence-corrected chi connectivity index (χ4v) is 3.52. The number of anilines is 2. The molecule has 0 unspecified atom stereocenters. The van der Waals surface area contributed by atoms with Crippen LogP contribution in [0.3, 0.4) is 0 Å². The minimum atomic E-state index is -3.19. The molecular formula is C14H22N2O2S. The highest BCUT2D eigenvalue weighted by Crippen LogP contribution is 2.32. The molecule has 1 aliphatic carbocycles. The Morgan fingerprint density at radius 2 is 1.95 bits per heavy atom. The Hall–Kier alpha value is -1.23. The van der Waals surface area contributed by atoms with Crippen LogP contribution < -0.4 is 10.6 Å². The first-order valence-electron chi connectivity index (χ1n) is 6.79. The molecule has 19 heavy (non-hydrogen) atoms. The first kappa shape index (κ1) is 14.2. The molecule has 5 heteroatoms. The maximum atomic E-state index is 11.5. The van der Waals surface area contributed by atoms with E-state index in [9.17, 15) is 8.42 Å². The average molecular weight is 282 g/mol. The van der Waals surface area contributed by atoms with Crippen molar-refractivity contribution in [3.8, 4) is 0 Å². The molecule has 106 valence electrons. The zero-order valence-corrected chi connectivity index (χ0v) is 12.4. The third-order valence-electron chi connectivity index (χ3n) is 3.84. The first-order valence-corrected chi connectivity index (χ1v) is 8.69. The van der Waals surface area contributed by atoms with Crippen LogP contribution in [0.1, 0.15) is 32.6 Å². The van der Waals surface area contributed by atoms with Crippen molar-refractivity contribution >= 4 is 21.2 Å². The van der Waals surface area contributed by atoms with E-state index in [1.807, 2.05) is 6.07 Å². The van der Waals surface area contributed by atoms with Gasteiger partial charge in [-0.3, -0.25) is 0 Å². The summed E-state index contributed by atoms with van der Waals surface area (Å²) in [5, 5.41) is 0. The quantitative estimate of drug-likeness (QED) is 0.862. The van der Waals surface area contributed by atoms with Gasteiger partial charge < -0.3 is 10.6 Å². The van der Waals surface area contributed by atoms with Gasteiger partial charge in [0.25, 0.3) is 0 Å². The molecule has 0 spiro atoms. The summed E-state index contributed by atoms with van der Waals surface area (Å²) in [5.41, 5.74) is 7.57. The number of nitrogens with zero attached hydrogens (tertiary/aromatic N) is 1. The third-order valence-corrected chi connectivity index (χ3v) is 4.95. The lowest BCUT2D eigenvalue weighted by atomic mass is 10.1. The van der Waals surface area contributed by atoms with E-state index in [0.29, 0.717) is 11.7 Å². The Kier molecular flexibility index (Phi) is 4.04. The van der Waals surface area contributed by atoms with Crippen LogP contribution in [0, 0.1) is 0 Å². The van der Waals surface area contributed by atoms with Crippen LogP contribution in [-0.4, -0.2) is 27.3 Å². The second-order valence-corrected chi connectivity index (χ2v) is 7.23. The highest BCUT2D eigenvalue weighted by molar-refractivity contribution is 7.90. The second kappa shape index (κ2) is 5.41. The molecule has 0 radical (unpaired) electrons. The van der Waals surface area contributed by atoms with Crippen molar-refractivity contribution in [3.05, 3.63) is 18.2 Å². The molecule has 2 rings (SSSR count). The summed E-state index contributed by atoms with van der Waals surface area (Å²) < 4.78 is 23.0. The van der Waals surface area contributed by atoms with Gasteiger partial charge in [-0.15, -0.1) is 0 Å². The fraction of sp³-hybridized carbons (Fsp3) is 0.571. The van der Waals surface area contributed by atoms with Gasteiger partial charge in [-0.1, -0.05) is 12.8 Å². The largest absolute Gasteiger partial charge is 0.397 e. The number of nitrogen functional groups attached to an aromatic ring is 1. The minimum Gasteiger partial charge on any atom is -0.397 e. The van der Waals surface area contributed by atoms with Crippen molar-refractivity contribution < 1.29 is 8.42 Å². The normalized spacial score (nSPS) is 16.7. The molecule has 1 aromatic rings. The molecule has 1 aromatic carbocycles. The van der Waals surface area contributed by atoms with Crippen molar-refractivity contribution in [1.29, 1.82) is 0 Å². The molecule has 0 amide bonds. The smallest absolute Gasteiger partial charge is 0.175 e. The van der Waals surface area contributed by atoms with Crippen LogP contribution in [-0.2, 0) is 9.84 Å². The third kappa shape index (κ3) is 3.03. The van der Waals surface area contributed by atoms with Gasteiger partial charge in [-0.25, -0.2) is 8.42 Å². The van der Waals surface area contributed by atoms with Crippen molar-refractivity contribution in [2.45, 2.75) is 43.5 Å². The van der Waals surface area contributed by atoms with Crippen LogP contribution in [0.2, 0.25) is 0 Å². The molecule has 0 heterocycles. The van der Waals surface area contributed by atoms with Crippen molar-refractivity contribution in [3.63, 3.8) is 0 Å². The number of hydrogen-bond acceptors (Lipinski definition) is 4. The summed E-state index contributed by atoms with van der Waals surface area (Å²) in [4.78, 5) is 2.59. The van der Waals surface area contributed by atoms with Gasteiger partial charge in [0.2, 0.25) is 0 Å². The molecule has 0 bridgehead atoms. The molecule has 0 aliphatic heterocycles. The lowest BCUT2D eigenvalue weighted by Gasteiger charge is -2.31. The van der Waals surface area contributed by atoms with Crippen LogP contribution in [0.4, 0.5) is 11.4 Å². The molecule has 0 atom stereocenters. The molecule has 0 saturated heterocycles. The molecule has 2 N–H and O–H groups in total. The minimum absolute atomic E-state index is 0.288. The maximum Gasteiger partial charge on any atom is 0.175 e. The van der Waals surface area contributed by atoms with Gasteiger partial charge in [-0.2, -0.15) is 0 Å². The van der Waals surface area contributed by atoms with Crippen molar-refractivity contribution in [1.82, 2.24) is 0 Å². The lowest BCUT2D eigenvalue weighted by molar-refractivity contribution is 0.601. The monoisotopic (exact) mass is 282 g/mol. The number of benzene rings is 1. The van der Waals surface area contributed by atoms with Crippen LogP contribution >= 0.6 is 0 Å². The summed E-state index contributed by atoms with van der Waals surface area (Å²) in [7, 11) is -3.19. The number of hydrogen-bond donors (Lipinski definition) is 1. The van der Waals surface area contributed by atoms with E-state index >= 15 is 0 Å². The van der Waals surface area contributed by atoms with Crippen LogP contribution in [0.5, 0.6) is 0 Å². The van der Waals surface area contributed by atoms with Crippen LogP contribution in [0.25, 0.3) is 0 Å². The highest BCUT2D eigenvalue weighted by atomic mass is 32.2. The molecule has 1 aliphatic rings. The Labute approximate surface area is 115 Å². The van der Waals surface area contributed by atoms with Gasteiger partial charge >= 0.3 is 0 Å². The molecule has 1 fully saturated rings. The summed E-state index contributed by atoms with van der Waals surface area (Å²) >= 11 is 0. The van der Waals surface area contributed by atoms with E-state index in [2.05, 4.69) is 11.8 Å². The summed E-state index contributed by atoms with van der Waals surface area (Å²) in [6.45, 7) is 3.01. The lowest BCUT2D eigenvalue weighted by Crippen LogP contribution is -2.33. The molecule has 4 nitrogen and oxygen atoms in total. The van der Waals surface area contributed by atoms with Gasteiger partial charge in [0.05, 0.1) is 16.3 Å². The molecule has 0 aromatic heterocycles. The van der Waals surface area contributed by atoms with E-state index in [1.165, 1.54) is 31.9 Å². The highest BCUT2D eigenvalue weighted by Gasteiger charge is 2.23. The van der Waals surface area contributed by atoms with Crippen molar-refractivity contribution in [2.75, 3.05) is 23.4 Å². The summed E-state index contributed by atoms with van der Waals surface area (Å²) in [6, 6.07) is 5.60. The Morgan fingerprint density at radius 1 is 1.32 bits per heavy atom. The SMILES string of the molecule is CCN(c1ccc(S(C)(=O)=O)cc1N)C1CCCC1. The van der Waals surface area contributed by atoms with E-state index in [1.54, 1.807) is 12.1 Å². The van der Waals surface area contributed by atoms with Gasteiger partial charge in [-0.05, 0) is 38.0 Å². The van der Waals surface area contributed by atoms with Gasteiger partial charge in [0.15, 0.2) is 9.84 Å². The predicted molar refractivity (Wildman–Crippen MR) is 79.2 cm³/mol.